The zero-order valence-corrected chi connectivity index (χ0v) is 12.6. The fourth-order valence-electron chi connectivity index (χ4n) is 2.92. The van der Waals surface area contributed by atoms with Crippen molar-refractivity contribution in [3.63, 3.8) is 0 Å². The zero-order chi connectivity index (χ0) is 13.8. The Kier molecular flexibility index (Phi) is 4.77. The van der Waals surface area contributed by atoms with Gasteiger partial charge in [0.05, 0.1) is 0 Å². The highest BCUT2D eigenvalue weighted by Crippen LogP contribution is 2.25. The second kappa shape index (κ2) is 6.35. The van der Waals surface area contributed by atoms with Gasteiger partial charge in [0.2, 0.25) is 0 Å². The van der Waals surface area contributed by atoms with E-state index in [1.54, 1.807) is 0 Å². The van der Waals surface area contributed by atoms with Crippen LogP contribution in [0.25, 0.3) is 0 Å². The van der Waals surface area contributed by atoms with E-state index in [-0.39, 0.29) is 0 Å². The minimum atomic E-state index is 0.603. The molecule has 0 spiro atoms. The Labute approximate surface area is 116 Å². The number of hydrogen-bond donors (Lipinski definition) is 1. The molecule has 1 saturated heterocycles. The molecular weight excluding hydrogens is 236 g/mol. The molecule has 1 aromatic heterocycles. The molecule has 1 aliphatic heterocycles. The first-order valence-corrected chi connectivity index (χ1v) is 7.13. The Morgan fingerprint density at radius 1 is 1.42 bits per heavy atom. The Bertz CT molecular complexity index is 417. The average Bonchev–Trinajstić information content (AvgIpc) is 2.75. The van der Waals surface area contributed by atoms with Crippen molar-refractivity contribution in [1.29, 1.82) is 0 Å². The van der Waals surface area contributed by atoms with Gasteiger partial charge in [-0.3, -0.25) is 0 Å². The van der Waals surface area contributed by atoms with Crippen molar-refractivity contribution in [2.75, 3.05) is 39.1 Å². The summed E-state index contributed by atoms with van der Waals surface area (Å²) in [6, 6.07) is 5.00. The van der Waals surface area contributed by atoms with Crippen LogP contribution in [0.1, 0.15) is 24.1 Å². The van der Waals surface area contributed by atoms with Crippen LogP contribution in [0.2, 0.25) is 0 Å². The van der Waals surface area contributed by atoms with Crippen LogP contribution in [0.15, 0.2) is 12.1 Å². The zero-order valence-electron chi connectivity index (χ0n) is 12.6. The van der Waals surface area contributed by atoms with Gasteiger partial charge in [-0.1, -0.05) is 0 Å². The second-order valence-corrected chi connectivity index (χ2v) is 5.76. The predicted molar refractivity (Wildman–Crippen MR) is 80.7 cm³/mol. The SMILES string of the molecule is CNCc1cc(C)nc(N2CCCC2CN(C)C)c1. The van der Waals surface area contributed by atoms with Crippen molar-refractivity contribution < 1.29 is 0 Å². The molecule has 1 aliphatic rings. The first-order chi connectivity index (χ1) is 9.10. The topological polar surface area (TPSA) is 31.4 Å². The standard InChI is InChI=1S/C15H26N4/c1-12-8-13(10-16-2)9-15(17-12)19-7-5-6-14(19)11-18(3)4/h8-9,14,16H,5-7,10-11H2,1-4H3. The minimum absolute atomic E-state index is 0.603. The van der Waals surface area contributed by atoms with Crippen molar-refractivity contribution in [2.45, 2.75) is 32.4 Å². The van der Waals surface area contributed by atoms with Crippen LogP contribution in [0.3, 0.4) is 0 Å². The third-order valence-electron chi connectivity index (χ3n) is 3.63. The summed E-state index contributed by atoms with van der Waals surface area (Å²) in [5.41, 5.74) is 2.43. The van der Waals surface area contributed by atoms with Gasteiger partial charge in [-0.25, -0.2) is 4.98 Å². The maximum atomic E-state index is 4.74. The Morgan fingerprint density at radius 2 is 2.21 bits per heavy atom. The maximum Gasteiger partial charge on any atom is 0.129 e. The second-order valence-electron chi connectivity index (χ2n) is 5.76. The van der Waals surface area contributed by atoms with Crippen molar-refractivity contribution >= 4 is 5.82 Å². The molecule has 0 radical (unpaired) electrons. The maximum absolute atomic E-state index is 4.74. The van der Waals surface area contributed by atoms with E-state index < -0.39 is 0 Å². The van der Waals surface area contributed by atoms with Gasteiger partial charge in [0.15, 0.2) is 0 Å². The van der Waals surface area contributed by atoms with E-state index in [0.717, 1.165) is 31.1 Å². The summed E-state index contributed by atoms with van der Waals surface area (Å²) < 4.78 is 0. The van der Waals surface area contributed by atoms with Crippen LogP contribution >= 0.6 is 0 Å². The molecule has 0 saturated carbocycles. The number of aromatic nitrogens is 1. The highest BCUT2D eigenvalue weighted by molar-refractivity contribution is 5.45. The Balaban J connectivity index is 2.19. The van der Waals surface area contributed by atoms with Gasteiger partial charge in [0.1, 0.15) is 5.82 Å². The van der Waals surface area contributed by atoms with Gasteiger partial charge in [-0.15, -0.1) is 0 Å². The van der Waals surface area contributed by atoms with E-state index in [1.807, 2.05) is 7.05 Å². The monoisotopic (exact) mass is 262 g/mol. The number of nitrogens with zero attached hydrogens (tertiary/aromatic N) is 3. The summed E-state index contributed by atoms with van der Waals surface area (Å²) in [4.78, 5) is 9.48. The molecule has 1 N–H and O–H groups in total. The molecule has 0 bridgehead atoms. The molecule has 0 amide bonds. The molecule has 0 aromatic carbocycles. The molecule has 106 valence electrons. The lowest BCUT2D eigenvalue weighted by Gasteiger charge is -2.28. The number of rotatable bonds is 5. The first-order valence-electron chi connectivity index (χ1n) is 7.13. The fourth-order valence-corrected chi connectivity index (χ4v) is 2.92. The van der Waals surface area contributed by atoms with Gasteiger partial charge in [-0.05, 0) is 58.6 Å². The van der Waals surface area contributed by atoms with Gasteiger partial charge in [0.25, 0.3) is 0 Å². The molecule has 2 rings (SSSR count). The third-order valence-corrected chi connectivity index (χ3v) is 3.63. The van der Waals surface area contributed by atoms with Gasteiger partial charge >= 0.3 is 0 Å². The normalized spacial score (nSPS) is 19.4. The van der Waals surface area contributed by atoms with Gasteiger partial charge in [-0.2, -0.15) is 0 Å². The molecule has 0 aliphatic carbocycles. The number of likely N-dealkylation sites (N-methyl/N-ethyl adjacent to an activating group) is 1. The lowest BCUT2D eigenvalue weighted by molar-refractivity contribution is 0.371. The van der Waals surface area contributed by atoms with Crippen LogP contribution in [-0.4, -0.2) is 50.2 Å². The molecule has 4 heteroatoms. The van der Waals surface area contributed by atoms with Crippen molar-refractivity contribution in [3.8, 4) is 0 Å². The number of aryl methyl sites for hydroxylation is 1. The smallest absolute Gasteiger partial charge is 0.129 e. The molecule has 1 unspecified atom stereocenters. The molecule has 19 heavy (non-hydrogen) atoms. The molecule has 1 aromatic rings. The van der Waals surface area contributed by atoms with Crippen LogP contribution in [-0.2, 0) is 6.54 Å². The summed E-state index contributed by atoms with van der Waals surface area (Å²) in [5.74, 6) is 1.15. The molecule has 1 atom stereocenters. The minimum Gasteiger partial charge on any atom is -0.352 e. The summed E-state index contributed by atoms with van der Waals surface area (Å²) in [7, 11) is 6.28. The lowest BCUT2D eigenvalue weighted by atomic mass is 10.2. The predicted octanol–water partition coefficient (Wildman–Crippen LogP) is 1.64. The molecule has 1 fully saturated rings. The van der Waals surface area contributed by atoms with E-state index >= 15 is 0 Å². The quantitative estimate of drug-likeness (QED) is 0.874. The molecule has 2 heterocycles. The Hall–Kier alpha value is -1.13. The van der Waals surface area contributed by atoms with Crippen molar-refractivity contribution in [3.05, 3.63) is 23.4 Å². The van der Waals surface area contributed by atoms with Crippen LogP contribution < -0.4 is 10.2 Å². The van der Waals surface area contributed by atoms with Crippen LogP contribution in [0.5, 0.6) is 0 Å². The Morgan fingerprint density at radius 3 is 2.89 bits per heavy atom. The fraction of sp³-hybridized carbons (Fsp3) is 0.667. The van der Waals surface area contributed by atoms with E-state index in [4.69, 9.17) is 4.98 Å². The van der Waals surface area contributed by atoms with E-state index in [2.05, 4.69) is 48.3 Å². The number of pyridine rings is 1. The van der Waals surface area contributed by atoms with Crippen LogP contribution in [0, 0.1) is 6.92 Å². The number of anilines is 1. The molecular formula is C15H26N4. The van der Waals surface area contributed by atoms with Crippen molar-refractivity contribution in [2.24, 2.45) is 0 Å². The summed E-state index contributed by atoms with van der Waals surface area (Å²) >= 11 is 0. The number of nitrogens with one attached hydrogen (secondary N) is 1. The van der Waals surface area contributed by atoms with E-state index in [1.165, 1.54) is 18.4 Å². The first kappa shape index (κ1) is 14.3. The van der Waals surface area contributed by atoms with Gasteiger partial charge in [0, 0.05) is 31.4 Å². The van der Waals surface area contributed by atoms with E-state index in [0.29, 0.717) is 6.04 Å². The summed E-state index contributed by atoms with van der Waals surface area (Å²) in [5, 5.41) is 3.22. The highest BCUT2D eigenvalue weighted by atomic mass is 15.3. The van der Waals surface area contributed by atoms with E-state index in [9.17, 15) is 0 Å². The van der Waals surface area contributed by atoms with Crippen LogP contribution in [0.4, 0.5) is 5.82 Å². The third kappa shape index (κ3) is 3.67. The highest BCUT2D eigenvalue weighted by Gasteiger charge is 2.26. The van der Waals surface area contributed by atoms with Crippen molar-refractivity contribution in [1.82, 2.24) is 15.2 Å². The largest absolute Gasteiger partial charge is 0.352 e. The van der Waals surface area contributed by atoms with Gasteiger partial charge < -0.3 is 15.1 Å². The lowest BCUT2D eigenvalue weighted by Crippen LogP contribution is -2.38. The summed E-state index contributed by atoms with van der Waals surface area (Å²) in [6.07, 6.45) is 2.55. The molecule has 4 nitrogen and oxygen atoms in total. The average molecular weight is 262 g/mol. The summed E-state index contributed by atoms with van der Waals surface area (Å²) in [6.45, 7) is 5.23. The number of hydrogen-bond acceptors (Lipinski definition) is 4.